The molecule has 0 N–H and O–H groups in total. The van der Waals surface area contributed by atoms with Crippen molar-refractivity contribution in [3.05, 3.63) is 42.2 Å². The van der Waals surface area contributed by atoms with Crippen LogP contribution in [-0.2, 0) is 0 Å². The van der Waals surface area contributed by atoms with Gasteiger partial charge in [-0.2, -0.15) is 0 Å². The van der Waals surface area contributed by atoms with E-state index < -0.39 is 0 Å². The maximum Gasteiger partial charge on any atom is 0.150 e. The molecule has 0 aliphatic heterocycles. The summed E-state index contributed by atoms with van der Waals surface area (Å²) in [5.74, 6) is 0. The summed E-state index contributed by atoms with van der Waals surface area (Å²) in [6.45, 7) is 0. The summed E-state index contributed by atoms with van der Waals surface area (Å²) in [7, 11) is 0. The van der Waals surface area contributed by atoms with Gasteiger partial charge in [0.25, 0.3) is 0 Å². The summed E-state index contributed by atoms with van der Waals surface area (Å²) < 4.78 is 9.81. The highest BCUT2D eigenvalue weighted by molar-refractivity contribution is 9.13. The molecule has 0 spiro atoms. The molecule has 0 aliphatic carbocycles. The van der Waals surface area contributed by atoms with Gasteiger partial charge in [-0.15, -0.1) is 0 Å². The molecule has 0 unspecified atom stereocenters. The second-order valence-corrected chi connectivity index (χ2v) is 6.93. The zero-order valence-electron chi connectivity index (χ0n) is 8.23. The molecule has 0 saturated heterocycles. The molecule has 1 aromatic heterocycles. The maximum atomic E-state index is 5.91. The van der Waals surface area contributed by atoms with Gasteiger partial charge in [0.05, 0.1) is 8.95 Å². The lowest BCUT2D eigenvalue weighted by Gasteiger charge is -1.99. The molecular weight excluding hydrogens is 480 g/mol. The third-order valence-corrected chi connectivity index (χ3v) is 5.76. The molecule has 17 heavy (non-hydrogen) atoms. The van der Waals surface area contributed by atoms with E-state index in [2.05, 4.69) is 69.8 Å². The first-order valence-corrected chi connectivity index (χ1v) is 7.91. The lowest BCUT2D eigenvalue weighted by molar-refractivity contribution is 0.664. The molecule has 3 aromatic rings. The molecule has 0 saturated carbocycles. The number of rotatable bonds is 0. The van der Waals surface area contributed by atoms with Crippen molar-refractivity contribution in [3.63, 3.8) is 0 Å². The van der Waals surface area contributed by atoms with Crippen LogP contribution in [0.5, 0.6) is 0 Å². The number of hydrogen-bond donors (Lipinski definition) is 0. The second kappa shape index (κ2) is 4.37. The topological polar surface area (TPSA) is 13.1 Å². The highest BCUT2D eigenvalue weighted by Crippen LogP contribution is 2.43. The molecule has 2 aromatic carbocycles. The number of furan rings is 1. The van der Waals surface area contributed by atoms with Gasteiger partial charge in [-0.3, -0.25) is 0 Å². The van der Waals surface area contributed by atoms with Crippen molar-refractivity contribution >= 4 is 85.7 Å². The van der Waals surface area contributed by atoms with Gasteiger partial charge in [0.1, 0.15) is 5.58 Å². The third-order valence-electron chi connectivity index (χ3n) is 2.57. The molecule has 1 nitrogen and oxygen atoms in total. The molecule has 0 bridgehead atoms. The van der Waals surface area contributed by atoms with E-state index in [-0.39, 0.29) is 0 Å². The summed E-state index contributed by atoms with van der Waals surface area (Å²) in [5.41, 5.74) is 1.71. The normalized spacial score (nSPS) is 11.5. The van der Waals surface area contributed by atoms with E-state index in [0.29, 0.717) is 0 Å². The molecule has 0 amide bonds. The first-order chi connectivity index (χ1) is 8.09. The zero-order valence-corrected chi connectivity index (χ0v) is 14.6. The van der Waals surface area contributed by atoms with Gasteiger partial charge in [0, 0.05) is 19.7 Å². The predicted molar refractivity (Wildman–Crippen MR) is 84.5 cm³/mol. The van der Waals surface area contributed by atoms with Crippen molar-refractivity contribution in [3.8, 4) is 0 Å². The summed E-state index contributed by atoms with van der Waals surface area (Å²) in [6.07, 6.45) is 0. The molecule has 0 fully saturated rings. The zero-order chi connectivity index (χ0) is 12.2. The molecule has 0 radical (unpaired) electrons. The van der Waals surface area contributed by atoms with E-state index in [0.717, 1.165) is 39.8 Å². The van der Waals surface area contributed by atoms with Crippen molar-refractivity contribution in [1.82, 2.24) is 0 Å². The second-order valence-electron chi connectivity index (χ2n) is 3.58. The highest BCUT2D eigenvalue weighted by atomic mass is 79.9. The van der Waals surface area contributed by atoms with Crippen LogP contribution in [0.1, 0.15) is 0 Å². The minimum Gasteiger partial charge on any atom is -0.454 e. The molecule has 86 valence electrons. The number of fused-ring (bicyclic) bond motifs is 3. The van der Waals surface area contributed by atoms with E-state index in [9.17, 15) is 0 Å². The fourth-order valence-corrected chi connectivity index (χ4v) is 4.03. The fraction of sp³-hybridized carbons (Fsp3) is 0. The number of hydrogen-bond acceptors (Lipinski definition) is 1. The van der Waals surface area contributed by atoms with Gasteiger partial charge < -0.3 is 4.42 Å². The molecular formula is C12H4Br4O. The number of para-hydroxylation sites is 1. The molecule has 0 aliphatic rings. The SMILES string of the molecule is Brc1cc(Br)c2oc3c(Br)cccc3c2c1Br. The first-order valence-electron chi connectivity index (χ1n) is 4.74. The van der Waals surface area contributed by atoms with E-state index in [1.54, 1.807) is 0 Å². The van der Waals surface area contributed by atoms with E-state index in [4.69, 9.17) is 4.42 Å². The Bertz CT molecular complexity index is 745. The van der Waals surface area contributed by atoms with E-state index in [1.165, 1.54) is 0 Å². The van der Waals surface area contributed by atoms with Crippen LogP contribution in [0.2, 0.25) is 0 Å². The van der Waals surface area contributed by atoms with Crippen LogP contribution in [0, 0.1) is 0 Å². The van der Waals surface area contributed by atoms with Crippen molar-refractivity contribution in [2.75, 3.05) is 0 Å². The Morgan fingerprint density at radius 2 is 1.59 bits per heavy atom. The maximum absolute atomic E-state index is 5.91. The Balaban J connectivity index is 2.66. The third kappa shape index (κ3) is 1.82. The smallest absolute Gasteiger partial charge is 0.150 e. The van der Waals surface area contributed by atoms with Crippen LogP contribution < -0.4 is 0 Å². The largest absolute Gasteiger partial charge is 0.454 e. The van der Waals surface area contributed by atoms with Gasteiger partial charge >= 0.3 is 0 Å². The van der Waals surface area contributed by atoms with Crippen molar-refractivity contribution < 1.29 is 4.42 Å². The monoisotopic (exact) mass is 480 g/mol. The lowest BCUT2D eigenvalue weighted by Crippen LogP contribution is -1.75. The minimum atomic E-state index is 0.849. The summed E-state index contributed by atoms with van der Waals surface area (Å²) in [4.78, 5) is 0. The Morgan fingerprint density at radius 1 is 0.824 bits per heavy atom. The Morgan fingerprint density at radius 3 is 2.35 bits per heavy atom. The molecule has 0 atom stereocenters. The Labute approximate surface area is 131 Å². The number of halogens is 4. The van der Waals surface area contributed by atoms with Gasteiger partial charge in [-0.1, -0.05) is 12.1 Å². The lowest BCUT2D eigenvalue weighted by atomic mass is 10.1. The average molecular weight is 484 g/mol. The fourth-order valence-electron chi connectivity index (χ4n) is 1.83. The average Bonchev–Trinajstić information content (AvgIpc) is 2.68. The Kier molecular flexibility index (Phi) is 3.14. The van der Waals surface area contributed by atoms with Crippen molar-refractivity contribution in [2.45, 2.75) is 0 Å². The van der Waals surface area contributed by atoms with Gasteiger partial charge in [0.2, 0.25) is 0 Å². The van der Waals surface area contributed by atoms with Crippen molar-refractivity contribution in [1.29, 1.82) is 0 Å². The predicted octanol–water partition coefficient (Wildman–Crippen LogP) is 6.64. The summed E-state index contributed by atoms with van der Waals surface area (Å²) >= 11 is 14.2. The van der Waals surface area contributed by atoms with Crippen LogP contribution in [0.15, 0.2) is 46.6 Å². The highest BCUT2D eigenvalue weighted by Gasteiger charge is 2.16. The molecule has 3 rings (SSSR count). The van der Waals surface area contributed by atoms with E-state index >= 15 is 0 Å². The van der Waals surface area contributed by atoms with Crippen LogP contribution in [0.3, 0.4) is 0 Å². The number of benzene rings is 2. The van der Waals surface area contributed by atoms with Gasteiger partial charge in [-0.05, 0) is 75.9 Å². The van der Waals surface area contributed by atoms with Crippen LogP contribution in [0.25, 0.3) is 21.9 Å². The van der Waals surface area contributed by atoms with Crippen LogP contribution >= 0.6 is 63.7 Å². The molecule has 5 heteroatoms. The van der Waals surface area contributed by atoms with E-state index in [1.807, 2.05) is 18.2 Å². The quantitative estimate of drug-likeness (QED) is 0.327. The summed E-state index contributed by atoms with van der Waals surface area (Å²) in [5, 5.41) is 2.16. The van der Waals surface area contributed by atoms with Crippen molar-refractivity contribution in [2.24, 2.45) is 0 Å². The summed E-state index contributed by atoms with van der Waals surface area (Å²) in [6, 6.07) is 8.00. The first kappa shape index (κ1) is 12.2. The van der Waals surface area contributed by atoms with Crippen LogP contribution in [0.4, 0.5) is 0 Å². The van der Waals surface area contributed by atoms with Gasteiger partial charge in [0.15, 0.2) is 5.58 Å². The molecule has 1 heterocycles. The minimum absolute atomic E-state index is 0.849. The Hall–Kier alpha value is 0.160. The van der Waals surface area contributed by atoms with Crippen LogP contribution in [-0.4, -0.2) is 0 Å². The van der Waals surface area contributed by atoms with Gasteiger partial charge in [-0.25, -0.2) is 0 Å². The standard InChI is InChI=1S/C12H4Br4O/c13-6-3-1-2-5-9-10(16)7(14)4-8(15)12(9)17-11(5)6/h1-4H.